The Bertz CT molecular complexity index is 2200. The fraction of sp³-hybridized carbons (Fsp3) is 0.136. The lowest BCUT2D eigenvalue weighted by atomic mass is 9.92. The first-order chi connectivity index (χ1) is 23.8. The minimum atomic E-state index is -0.716. The number of hydrogen-bond acceptors (Lipinski definition) is 3. The summed E-state index contributed by atoms with van der Waals surface area (Å²) in [4.78, 5) is 7.01. The molecule has 6 aromatic rings. The number of amidine groups is 2. The summed E-state index contributed by atoms with van der Waals surface area (Å²) >= 11 is 0. The first-order valence-electron chi connectivity index (χ1n) is 16.6. The average molecular weight is 644 g/mol. The molecule has 1 aromatic heterocycles. The maximum Gasteiger partial charge on any atom is 0.154 e. The number of allylic oxidation sites excluding steroid dienone is 3. The van der Waals surface area contributed by atoms with E-state index >= 15 is 0 Å². The minimum absolute atomic E-state index is 0.137. The maximum absolute atomic E-state index is 10.9. The number of fused-ring (bicyclic) bond motifs is 3. The lowest BCUT2D eigenvalue weighted by molar-refractivity contribution is 0.280. The second-order valence-corrected chi connectivity index (χ2v) is 12.4. The van der Waals surface area contributed by atoms with Crippen LogP contribution in [0.25, 0.3) is 38.6 Å². The standard InChI is InChI=1S/C44H41N3O2/c1-5-36(48)30-44(3,28-16-17-31(2)32-18-9-6-10-19-32)47(4)43(46-42(45)34-22-13-8-14-23-34)35-26-27-38-40(29-35)49-39-25-15-24-37(41(38)39)33-20-11-7-12-21-33/h6-27,29-30,45,48H,2,5,28H2,1,3-4H3/b17-16-,36-30+,45-42?,46-43?. The summed E-state index contributed by atoms with van der Waals surface area (Å²) in [6.07, 6.45) is 7.02. The molecule has 0 radical (unpaired) electrons. The molecule has 0 saturated carbocycles. The smallest absolute Gasteiger partial charge is 0.154 e. The van der Waals surface area contributed by atoms with Gasteiger partial charge in [-0.1, -0.05) is 135 Å². The molecule has 5 heteroatoms. The number of benzene rings is 5. The third-order valence-electron chi connectivity index (χ3n) is 9.02. The molecule has 0 aliphatic heterocycles. The summed E-state index contributed by atoms with van der Waals surface area (Å²) in [5.74, 6) is 0.998. The number of nitrogens with one attached hydrogen (secondary N) is 1. The van der Waals surface area contributed by atoms with Crippen LogP contribution < -0.4 is 0 Å². The van der Waals surface area contributed by atoms with Crippen molar-refractivity contribution >= 4 is 39.2 Å². The number of likely N-dealkylation sites (N-methyl/N-ethyl adjacent to an activating group) is 1. The zero-order valence-corrected chi connectivity index (χ0v) is 28.2. The first-order valence-corrected chi connectivity index (χ1v) is 16.6. The summed E-state index contributed by atoms with van der Waals surface area (Å²) in [5.41, 5.74) is 6.51. The number of hydrogen-bond donors (Lipinski definition) is 2. The second kappa shape index (κ2) is 14.4. The van der Waals surface area contributed by atoms with Gasteiger partial charge >= 0.3 is 0 Å². The van der Waals surface area contributed by atoms with Crippen molar-refractivity contribution in [3.05, 3.63) is 175 Å². The predicted octanol–water partition coefficient (Wildman–Crippen LogP) is 11.2. The monoisotopic (exact) mass is 643 g/mol. The lowest BCUT2D eigenvalue weighted by Crippen LogP contribution is -2.46. The minimum Gasteiger partial charge on any atom is -0.513 e. The molecule has 0 aliphatic rings. The lowest BCUT2D eigenvalue weighted by Gasteiger charge is -2.38. The maximum atomic E-state index is 10.9. The van der Waals surface area contributed by atoms with Gasteiger partial charge in [0.05, 0.1) is 11.3 Å². The highest BCUT2D eigenvalue weighted by molar-refractivity contribution is 6.15. The third-order valence-corrected chi connectivity index (χ3v) is 9.02. The van der Waals surface area contributed by atoms with E-state index in [1.165, 1.54) is 0 Å². The van der Waals surface area contributed by atoms with Crippen LogP contribution in [0.2, 0.25) is 0 Å². The van der Waals surface area contributed by atoms with Crippen molar-refractivity contribution in [1.29, 1.82) is 5.41 Å². The quantitative estimate of drug-likeness (QED) is 0.0675. The van der Waals surface area contributed by atoms with Crippen molar-refractivity contribution in [2.24, 2.45) is 4.99 Å². The molecule has 5 aromatic carbocycles. The first kappa shape index (κ1) is 33.0. The molecule has 0 amide bonds. The van der Waals surface area contributed by atoms with E-state index in [9.17, 15) is 5.11 Å². The van der Waals surface area contributed by atoms with Crippen LogP contribution in [0.15, 0.2) is 167 Å². The zero-order valence-electron chi connectivity index (χ0n) is 28.2. The van der Waals surface area contributed by atoms with Crippen LogP contribution in [0.4, 0.5) is 0 Å². The molecule has 0 bridgehead atoms. The van der Waals surface area contributed by atoms with E-state index in [4.69, 9.17) is 14.8 Å². The van der Waals surface area contributed by atoms with E-state index < -0.39 is 5.54 Å². The Morgan fingerprint density at radius 3 is 2.16 bits per heavy atom. The molecule has 0 fully saturated rings. The highest BCUT2D eigenvalue weighted by atomic mass is 16.3. The number of rotatable bonds is 10. The van der Waals surface area contributed by atoms with Crippen molar-refractivity contribution < 1.29 is 9.52 Å². The van der Waals surface area contributed by atoms with Gasteiger partial charge in [-0.25, -0.2) is 4.99 Å². The van der Waals surface area contributed by atoms with Gasteiger partial charge < -0.3 is 14.4 Å². The number of furan rings is 1. The molecular weight excluding hydrogens is 603 g/mol. The summed E-state index contributed by atoms with van der Waals surface area (Å²) in [6.45, 7) is 8.27. The largest absolute Gasteiger partial charge is 0.513 e. The van der Waals surface area contributed by atoms with Gasteiger partial charge in [0, 0.05) is 35.4 Å². The van der Waals surface area contributed by atoms with E-state index in [1.807, 2.05) is 134 Å². The highest BCUT2D eigenvalue weighted by Crippen LogP contribution is 2.37. The fourth-order valence-corrected chi connectivity index (χ4v) is 6.11. The zero-order chi connectivity index (χ0) is 34.4. The Morgan fingerprint density at radius 1 is 0.837 bits per heavy atom. The van der Waals surface area contributed by atoms with Crippen LogP contribution in [0.1, 0.15) is 43.4 Å². The van der Waals surface area contributed by atoms with Crippen LogP contribution in [0.5, 0.6) is 0 Å². The number of nitrogens with zero attached hydrogens (tertiary/aromatic N) is 2. The van der Waals surface area contributed by atoms with Crippen molar-refractivity contribution in [3.8, 4) is 11.1 Å². The second-order valence-electron chi connectivity index (χ2n) is 12.4. The topological polar surface area (TPSA) is 72.8 Å². The molecule has 1 unspecified atom stereocenters. The fourth-order valence-electron chi connectivity index (χ4n) is 6.11. The van der Waals surface area contributed by atoms with Crippen LogP contribution in [0, 0.1) is 5.41 Å². The van der Waals surface area contributed by atoms with Gasteiger partial charge in [-0.05, 0) is 59.9 Å². The summed E-state index contributed by atoms with van der Waals surface area (Å²) in [7, 11) is 1.97. The van der Waals surface area contributed by atoms with Gasteiger partial charge in [0.15, 0.2) is 5.84 Å². The van der Waals surface area contributed by atoms with Crippen LogP contribution in [0.3, 0.4) is 0 Å². The molecule has 5 nitrogen and oxygen atoms in total. The van der Waals surface area contributed by atoms with Gasteiger partial charge in [-0.15, -0.1) is 0 Å². The Labute approximate surface area is 288 Å². The number of aliphatic hydroxyl groups is 1. The van der Waals surface area contributed by atoms with E-state index in [-0.39, 0.29) is 11.6 Å². The van der Waals surface area contributed by atoms with E-state index in [2.05, 4.69) is 43.8 Å². The van der Waals surface area contributed by atoms with Gasteiger partial charge in [0.25, 0.3) is 0 Å². The number of aliphatic hydroxyl groups excluding tert-OH is 1. The van der Waals surface area contributed by atoms with Gasteiger partial charge in [-0.3, -0.25) is 5.41 Å². The molecule has 6 rings (SSSR count). The summed E-state index contributed by atoms with van der Waals surface area (Å²) in [6, 6.07) is 42.2. The van der Waals surface area contributed by atoms with E-state index in [0.717, 1.165) is 49.8 Å². The van der Waals surface area contributed by atoms with E-state index in [0.29, 0.717) is 24.2 Å². The van der Waals surface area contributed by atoms with Crippen molar-refractivity contribution in [2.75, 3.05) is 7.05 Å². The Morgan fingerprint density at radius 2 is 1.49 bits per heavy atom. The average Bonchev–Trinajstić information content (AvgIpc) is 3.52. The molecule has 0 aliphatic carbocycles. The van der Waals surface area contributed by atoms with Crippen molar-refractivity contribution in [2.45, 2.75) is 32.2 Å². The summed E-state index contributed by atoms with van der Waals surface area (Å²) < 4.78 is 6.48. The Hall–Kier alpha value is -5.94. The van der Waals surface area contributed by atoms with Gasteiger partial charge in [0.1, 0.15) is 17.0 Å². The van der Waals surface area contributed by atoms with Crippen LogP contribution in [-0.2, 0) is 0 Å². The highest BCUT2D eigenvalue weighted by Gasteiger charge is 2.31. The Kier molecular flexibility index (Phi) is 9.72. The molecule has 49 heavy (non-hydrogen) atoms. The van der Waals surface area contributed by atoms with Crippen molar-refractivity contribution in [1.82, 2.24) is 4.90 Å². The third kappa shape index (κ3) is 7.16. The SMILES string of the molecule is C=C(/C=C\CC(C)(/C=C(/O)CC)N(C)C(=NC(=N)c1ccccc1)c1ccc2c(c1)oc1cccc(-c3ccccc3)c12)c1ccccc1. The normalized spacial score (nSPS) is 13.5. The molecule has 1 atom stereocenters. The molecule has 1 heterocycles. The van der Waals surface area contributed by atoms with Gasteiger partial charge in [0.2, 0.25) is 0 Å². The van der Waals surface area contributed by atoms with Gasteiger partial charge in [-0.2, -0.15) is 0 Å². The molecule has 0 saturated heterocycles. The molecule has 244 valence electrons. The van der Waals surface area contributed by atoms with Crippen LogP contribution >= 0.6 is 0 Å². The molecular formula is C44H41N3O2. The van der Waals surface area contributed by atoms with Crippen molar-refractivity contribution in [3.63, 3.8) is 0 Å². The van der Waals surface area contributed by atoms with Crippen LogP contribution in [-0.4, -0.2) is 34.3 Å². The molecule has 2 N–H and O–H groups in total. The Balaban J connectivity index is 1.45. The summed E-state index contributed by atoms with van der Waals surface area (Å²) in [5, 5.41) is 22.0. The molecule has 0 spiro atoms. The van der Waals surface area contributed by atoms with E-state index in [1.54, 1.807) is 0 Å². The predicted molar refractivity (Wildman–Crippen MR) is 205 cm³/mol. The number of aliphatic imine (C=N–C) groups is 1.